The lowest BCUT2D eigenvalue weighted by Crippen LogP contribution is -2.30. The van der Waals surface area contributed by atoms with Crippen molar-refractivity contribution in [3.05, 3.63) is 40.1 Å². The number of hydrogen-bond acceptors (Lipinski definition) is 3. The number of aromatic nitrogens is 2. The van der Waals surface area contributed by atoms with Gasteiger partial charge in [-0.1, -0.05) is 13.8 Å². The molecule has 2 heterocycles. The zero-order valence-corrected chi connectivity index (χ0v) is 12.4. The molecule has 102 valence electrons. The Balaban J connectivity index is 1.80. The molecule has 0 spiro atoms. The van der Waals surface area contributed by atoms with E-state index in [1.165, 1.54) is 16.3 Å². The Morgan fingerprint density at radius 3 is 3.11 bits per heavy atom. The normalized spacial score (nSPS) is 21.3. The highest BCUT2D eigenvalue weighted by Gasteiger charge is 2.32. The van der Waals surface area contributed by atoms with Crippen LogP contribution in [0.1, 0.15) is 42.6 Å². The summed E-state index contributed by atoms with van der Waals surface area (Å²) in [6.45, 7) is 5.63. The van der Waals surface area contributed by atoms with Gasteiger partial charge in [0.05, 0.1) is 5.01 Å². The molecule has 0 amide bonds. The molecule has 0 saturated carbocycles. The van der Waals surface area contributed by atoms with E-state index in [-0.39, 0.29) is 6.04 Å². The van der Waals surface area contributed by atoms with Crippen molar-refractivity contribution in [2.24, 2.45) is 11.1 Å². The molecule has 0 saturated heterocycles. The predicted octanol–water partition coefficient (Wildman–Crippen LogP) is 3.16. The van der Waals surface area contributed by atoms with Crippen molar-refractivity contribution in [1.82, 2.24) is 9.55 Å². The van der Waals surface area contributed by atoms with Crippen LogP contribution >= 0.6 is 11.3 Å². The number of fused-ring (bicyclic) bond motifs is 1. The molecule has 3 rings (SSSR count). The van der Waals surface area contributed by atoms with Crippen molar-refractivity contribution >= 4 is 11.3 Å². The van der Waals surface area contributed by atoms with Gasteiger partial charge < -0.3 is 10.3 Å². The third-order valence-electron chi connectivity index (χ3n) is 3.98. The maximum absolute atomic E-state index is 6.30. The second-order valence-corrected chi connectivity index (χ2v) is 7.22. The molecule has 0 radical (unpaired) electrons. The fourth-order valence-corrected chi connectivity index (χ4v) is 3.71. The molecule has 0 aliphatic heterocycles. The Morgan fingerprint density at radius 1 is 1.53 bits per heavy atom. The summed E-state index contributed by atoms with van der Waals surface area (Å²) < 4.78 is 2.37. The molecule has 1 aliphatic carbocycles. The number of nitrogens with two attached hydrogens (primary N) is 1. The molecular weight excluding hydrogens is 254 g/mol. The highest BCUT2D eigenvalue weighted by Crippen LogP contribution is 2.39. The van der Waals surface area contributed by atoms with E-state index in [0.29, 0.717) is 5.41 Å². The number of hydrogen-bond donors (Lipinski definition) is 1. The summed E-state index contributed by atoms with van der Waals surface area (Å²) in [4.78, 5) is 4.35. The van der Waals surface area contributed by atoms with Crippen molar-refractivity contribution in [2.75, 3.05) is 0 Å². The predicted molar refractivity (Wildman–Crippen MR) is 79.3 cm³/mol. The van der Waals surface area contributed by atoms with Crippen LogP contribution in [0.25, 0.3) is 0 Å². The quantitative estimate of drug-likeness (QED) is 0.935. The first kappa shape index (κ1) is 12.9. The molecule has 2 aromatic rings. The van der Waals surface area contributed by atoms with Gasteiger partial charge in [0, 0.05) is 42.5 Å². The van der Waals surface area contributed by atoms with Crippen LogP contribution in [0.4, 0.5) is 0 Å². The molecule has 4 heteroatoms. The van der Waals surface area contributed by atoms with E-state index in [4.69, 9.17) is 5.73 Å². The van der Waals surface area contributed by atoms with Crippen LogP contribution in [0.5, 0.6) is 0 Å². The van der Waals surface area contributed by atoms with E-state index in [1.807, 2.05) is 11.6 Å². The first-order valence-corrected chi connectivity index (χ1v) is 7.75. The molecule has 1 aliphatic rings. The summed E-state index contributed by atoms with van der Waals surface area (Å²) in [5.74, 6) is 0. The highest BCUT2D eigenvalue weighted by atomic mass is 32.1. The minimum Gasteiger partial charge on any atom is -0.351 e. The van der Waals surface area contributed by atoms with Crippen LogP contribution in [0.3, 0.4) is 0 Å². The zero-order chi connectivity index (χ0) is 13.5. The molecule has 19 heavy (non-hydrogen) atoms. The summed E-state index contributed by atoms with van der Waals surface area (Å²) in [5, 5.41) is 3.25. The molecule has 0 bridgehead atoms. The van der Waals surface area contributed by atoms with Crippen LogP contribution < -0.4 is 5.73 Å². The van der Waals surface area contributed by atoms with E-state index in [2.05, 4.69) is 35.7 Å². The minimum absolute atomic E-state index is 0.194. The second kappa shape index (κ2) is 4.76. The number of aryl methyl sites for hydroxylation is 2. The van der Waals surface area contributed by atoms with E-state index < -0.39 is 0 Å². The van der Waals surface area contributed by atoms with Gasteiger partial charge in [-0.25, -0.2) is 4.98 Å². The van der Waals surface area contributed by atoms with Gasteiger partial charge in [-0.3, -0.25) is 0 Å². The lowest BCUT2D eigenvalue weighted by Gasteiger charge is -2.34. The van der Waals surface area contributed by atoms with Crippen molar-refractivity contribution in [1.29, 1.82) is 0 Å². The van der Waals surface area contributed by atoms with Gasteiger partial charge in [0.15, 0.2) is 0 Å². The summed E-state index contributed by atoms with van der Waals surface area (Å²) in [7, 11) is 0. The largest absolute Gasteiger partial charge is 0.351 e. The third-order valence-corrected chi connectivity index (χ3v) is 4.82. The Hall–Kier alpha value is -1.13. The van der Waals surface area contributed by atoms with E-state index in [9.17, 15) is 0 Å². The summed E-state index contributed by atoms with van der Waals surface area (Å²) in [5.41, 5.74) is 9.39. The number of thiazole rings is 1. The van der Waals surface area contributed by atoms with Gasteiger partial charge in [0.25, 0.3) is 0 Å². The van der Waals surface area contributed by atoms with Crippen molar-refractivity contribution < 1.29 is 0 Å². The average Bonchev–Trinajstić information content (AvgIpc) is 2.93. The lowest BCUT2D eigenvalue weighted by molar-refractivity contribution is 0.275. The topological polar surface area (TPSA) is 43.8 Å². The molecule has 1 atom stereocenters. The van der Waals surface area contributed by atoms with Crippen molar-refractivity contribution in [3.63, 3.8) is 0 Å². The summed E-state index contributed by atoms with van der Waals surface area (Å²) in [6.07, 6.45) is 7.29. The van der Waals surface area contributed by atoms with Crippen LogP contribution in [0, 0.1) is 5.41 Å². The van der Waals surface area contributed by atoms with Crippen molar-refractivity contribution in [3.8, 4) is 0 Å². The fourth-order valence-electron chi connectivity index (χ4n) is 3.10. The smallest absolute Gasteiger partial charge is 0.0942 e. The van der Waals surface area contributed by atoms with Crippen LogP contribution in [-0.2, 0) is 19.4 Å². The van der Waals surface area contributed by atoms with Crippen molar-refractivity contribution in [2.45, 2.75) is 45.7 Å². The molecule has 3 nitrogen and oxygen atoms in total. The lowest BCUT2D eigenvalue weighted by atomic mass is 9.74. The Bertz CT molecular complexity index is 554. The standard InChI is InChI=1S/C15H21N3S/c1-15(2)9-12(16)11-3-6-18(13(11)10-15)7-4-14-17-5-8-19-14/h3,5-6,8,12H,4,7,9-10,16H2,1-2H3. The molecule has 1 unspecified atom stereocenters. The second-order valence-electron chi connectivity index (χ2n) is 6.24. The SMILES string of the molecule is CC1(C)Cc2c(ccn2CCc2nccs2)C(N)C1. The maximum atomic E-state index is 6.30. The maximum Gasteiger partial charge on any atom is 0.0942 e. The van der Waals surface area contributed by atoms with E-state index in [1.54, 1.807) is 11.3 Å². The zero-order valence-electron chi connectivity index (χ0n) is 11.6. The Morgan fingerprint density at radius 2 is 2.37 bits per heavy atom. The van der Waals surface area contributed by atoms with Gasteiger partial charge in [-0.15, -0.1) is 11.3 Å². The molecule has 2 N–H and O–H groups in total. The van der Waals surface area contributed by atoms with Crippen LogP contribution in [0.15, 0.2) is 23.8 Å². The Labute approximate surface area is 118 Å². The molecule has 0 aromatic carbocycles. The van der Waals surface area contributed by atoms with Crippen LogP contribution in [0.2, 0.25) is 0 Å². The molecule has 2 aromatic heterocycles. The summed E-state index contributed by atoms with van der Waals surface area (Å²) >= 11 is 1.73. The average molecular weight is 275 g/mol. The minimum atomic E-state index is 0.194. The first-order chi connectivity index (χ1) is 9.05. The first-order valence-electron chi connectivity index (χ1n) is 6.87. The van der Waals surface area contributed by atoms with E-state index in [0.717, 1.165) is 25.8 Å². The summed E-state index contributed by atoms with van der Waals surface area (Å²) in [6, 6.07) is 2.40. The fraction of sp³-hybridized carbons (Fsp3) is 0.533. The van der Waals surface area contributed by atoms with Crippen LogP contribution in [-0.4, -0.2) is 9.55 Å². The molecule has 0 fully saturated rings. The van der Waals surface area contributed by atoms with Gasteiger partial charge in [0.2, 0.25) is 0 Å². The third kappa shape index (κ3) is 2.60. The van der Waals surface area contributed by atoms with Gasteiger partial charge in [0.1, 0.15) is 0 Å². The number of rotatable bonds is 3. The monoisotopic (exact) mass is 275 g/mol. The van der Waals surface area contributed by atoms with E-state index >= 15 is 0 Å². The van der Waals surface area contributed by atoms with Gasteiger partial charge in [-0.05, 0) is 29.9 Å². The Kier molecular flexibility index (Phi) is 3.23. The number of nitrogens with zero attached hydrogens (tertiary/aromatic N) is 2. The van der Waals surface area contributed by atoms with Gasteiger partial charge >= 0.3 is 0 Å². The molecular formula is C15H21N3S. The highest BCUT2D eigenvalue weighted by molar-refractivity contribution is 7.09. The van der Waals surface area contributed by atoms with Gasteiger partial charge in [-0.2, -0.15) is 0 Å².